The summed E-state index contributed by atoms with van der Waals surface area (Å²) in [5.41, 5.74) is 0.993. The Morgan fingerprint density at radius 2 is 1.85 bits per heavy atom. The molecule has 1 atom stereocenters. The number of nitrogens with one attached hydrogen (secondary N) is 1. The minimum Gasteiger partial charge on any atom is -0.489 e. The number of rotatable bonds is 7. The Morgan fingerprint density at radius 1 is 1.15 bits per heavy atom. The van der Waals surface area contributed by atoms with E-state index in [1.165, 1.54) is 11.3 Å². The predicted octanol–water partition coefficient (Wildman–Crippen LogP) is 4.78. The van der Waals surface area contributed by atoms with Crippen molar-refractivity contribution in [1.82, 2.24) is 4.98 Å². The molecular formula is C19H17ClN2O3S. The van der Waals surface area contributed by atoms with Crippen molar-refractivity contribution in [3.63, 3.8) is 0 Å². The number of aromatic nitrogens is 1. The van der Waals surface area contributed by atoms with Gasteiger partial charge in [0.15, 0.2) is 11.2 Å². The zero-order valence-electron chi connectivity index (χ0n) is 14.0. The Hall–Kier alpha value is -2.57. The van der Waals surface area contributed by atoms with Gasteiger partial charge in [0.25, 0.3) is 5.91 Å². The third-order valence-electron chi connectivity index (χ3n) is 3.49. The molecule has 1 aromatic heterocycles. The average Bonchev–Trinajstić information content (AvgIpc) is 3.15. The second-order valence-electron chi connectivity index (χ2n) is 5.47. The number of carbonyl (C=O) groups excluding carboxylic acids is 1. The first-order chi connectivity index (χ1) is 12.6. The van der Waals surface area contributed by atoms with E-state index in [-0.39, 0.29) is 5.91 Å². The van der Waals surface area contributed by atoms with Gasteiger partial charge in [0, 0.05) is 16.6 Å². The van der Waals surface area contributed by atoms with Gasteiger partial charge in [-0.05, 0) is 48.9 Å². The molecule has 1 heterocycles. The molecule has 0 aliphatic rings. The standard InChI is InChI=1S/C19H17ClN2O3S/c1-13(18(23)22-19-21-10-11-26-19)25-17-6-2-14(3-7-17)12-24-16-8-4-15(20)5-9-16/h2-11,13H,12H2,1H3,(H,21,22,23). The van der Waals surface area contributed by atoms with Crippen molar-refractivity contribution in [2.45, 2.75) is 19.6 Å². The van der Waals surface area contributed by atoms with Gasteiger partial charge in [-0.25, -0.2) is 4.98 Å². The fraction of sp³-hybridized carbons (Fsp3) is 0.158. The van der Waals surface area contributed by atoms with E-state index in [0.717, 1.165) is 11.3 Å². The summed E-state index contributed by atoms with van der Waals surface area (Å²) in [5, 5.41) is 5.74. The van der Waals surface area contributed by atoms with Crippen LogP contribution >= 0.6 is 22.9 Å². The van der Waals surface area contributed by atoms with Crippen molar-refractivity contribution in [3.8, 4) is 11.5 Å². The second kappa shape index (κ2) is 8.69. The highest BCUT2D eigenvalue weighted by atomic mass is 35.5. The van der Waals surface area contributed by atoms with Crippen LogP contribution in [0.2, 0.25) is 5.02 Å². The number of carbonyl (C=O) groups is 1. The number of amides is 1. The summed E-state index contributed by atoms with van der Waals surface area (Å²) in [6, 6.07) is 14.6. The van der Waals surface area contributed by atoms with Gasteiger partial charge in [0.1, 0.15) is 18.1 Å². The summed E-state index contributed by atoms with van der Waals surface area (Å²) in [6.45, 7) is 2.13. The Morgan fingerprint density at radius 3 is 2.50 bits per heavy atom. The second-order valence-corrected chi connectivity index (χ2v) is 6.80. The van der Waals surface area contributed by atoms with Crippen LogP contribution in [0.15, 0.2) is 60.1 Å². The fourth-order valence-electron chi connectivity index (χ4n) is 2.11. The Labute approximate surface area is 160 Å². The number of ether oxygens (including phenoxy) is 2. The van der Waals surface area contributed by atoms with Crippen molar-refractivity contribution in [2.24, 2.45) is 0 Å². The highest BCUT2D eigenvalue weighted by Gasteiger charge is 2.15. The van der Waals surface area contributed by atoms with Crippen LogP contribution in [-0.4, -0.2) is 17.0 Å². The van der Waals surface area contributed by atoms with Gasteiger partial charge in [0.2, 0.25) is 0 Å². The third kappa shape index (κ3) is 5.21. The summed E-state index contributed by atoms with van der Waals surface area (Å²) in [7, 11) is 0. The molecule has 0 spiro atoms. The van der Waals surface area contributed by atoms with Crippen molar-refractivity contribution in [2.75, 3.05) is 5.32 Å². The van der Waals surface area contributed by atoms with Crippen molar-refractivity contribution in [3.05, 3.63) is 70.7 Å². The van der Waals surface area contributed by atoms with Crippen LogP contribution in [0.4, 0.5) is 5.13 Å². The molecular weight excluding hydrogens is 372 g/mol. The Kier molecular flexibility index (Phi) is 6.09. The number of anilines is 1. The summed E-state index contributed by atoms with van der Waals surface area (Å²) < 4.78 is 11.4. The first-order valence-electron chi connectivity index (χ1n) is 7.94. The van der Waals surface area contributed by atoms with Crippen molar-refractivity contribution >= 4 is 34.0 Å². The topological polar surface area (TPSA) is 60.5 Å². The van der Waals surface area contributed by atoms with E-state index in [9.17, 15) is 4.79 Å². The monoisotopic (exact) mass is 388 g/mol. The third-order valence-corrected chi connectivity index (χ3v) is 4.43. The molecule has 0 bridgehead atoms. The molecule has 0 radical (unpaired) electrons. The zero-order valence-corrected chi connectivity index (χ0v) is 15.6. The lowest BCUT2D eigenvalue weighted by molar-refractivity contribution is -0.122. The molecule has 5 nitrogen and oxygen atoms in total. The van der Waals surface area contributed by atoms with Crippen LogP contribution in [0.25, 0.3) is 0 Å². The molecule has 26 heavy (non-hydrogen) atoms. The number of thiazole rings is 1. The molecule has 1 amide bonds. The van der Waals surface area contributed by atoms with Gasteiger partial charge >= 0.3 is 0 Å². The molecule has 0 saturated carbocycles. The molecule has 134 valence electrons. The van der Waals surface area contributed by atoms with Gasteiger partial charge in [-0.15, -0.1) is 11.3 Å². The summed E-state index contributed by atoms with van der Waals surface area (Å²) in [4.78, 5) is 16.1. The van der Waals surface area contributed by atoms with Crippen molar-refractivity contribution < 1.29 is 14.3 Å². The van der Waals surface area contributed by atoms with E-state index in [4.69, 9.17) is 21.1 Å². The molecule has 0 aliphatic heterocycles. The van der Waals surface area contributed by atoms with Crippen molar-refractivity contribution in [1.29, 1.82) is 0 Å². The maximum atomic E-state index is 12.1. The molecule has 7 heteroatoms. The molecule has 0 fully saturated rings. The number of benzene rings is 2. The first kappa shape index (κ1) is 18.2. The lowest BCUT2D eigenvalue weighted by Gasteiger charge is -2.14. The smallest absolute Gasteiger partial charge is 0.266 e. The summed E-state index contributed by atoms with van der Waals surface area (Å²) >= 11 is 7.21. The molecule has 0 saturated heterocycles. The van der Waals surface area contributed by atoms with Gasteiger partial charge in [-0.1, -0.05) is 23.7 Å². The summed E-state index contributed by atoms with van der Waals surface area (Å²) in [6.07, 6.45) is 1.01. The number of halogens is 1. The highest BCUT2D eigenvalue weighted by Crippen LogP contribution is 2.19. The fourth-order valence-corrected chi connectivity index (χ4v) is 2.77. The lowest BCUT2D eigenvalue weighted by Crippen LogP contribution is -2.30. The van der Waals surface area contributed by atoms with Gasteiger partial charge in [-0.3, -0.25) is 10.1 Å². The van der Waals surface area contributed by atoms with Gasteiger partial charge in [-0.2, -0.15) is 0 Å². The Bertz CT molecular complexity index is 836. The zero-order chi connectivity index (χ0) is 18.4. The van der Waals surface area contributed by atoms with Gasteiger partial charge < -0.3 is 9.47 Å². The van der Waals surface area contributed by atoms with Crippen LogP contribution in [0.1, 0.15) is 12.5 Å². The van der Waals surface area contributed by atoms with Crippen LogP contribution < -0.4 is 14.8 Å². The van der Waals surface area contributed by atoms with E-state index in [1.807, 2.05) is 36.4 Å². The molecule has 0 aliphatic carbocycles. The average molecular weight is 389 g/mol. The normalized spacial score (nSPS) is 11.6. The quantitative estimate of drug-likeness (QED) is 0.632. The van der Waals surface area contributed by atoms with Crippen LogP contribution in [0.3, 0.4) is 0 Å². The first-order valence-corrected chi connectivity index (χ1v) is 9.20. The van der Waals surface area contributed by atoms with E-state index < -0.39 is 6.10 Å². The lowest BCUT2D eigenvalue weighted by atomic mass is 10.2. The van der Waals surface area contributed by atoms with E-state index >= 15 is 0 Å². The predicted molar refractivity (Wildman–Crippen MR) is 103 cm³/mol. The van der Waals surface area contributed by atoms with Crippen LogP contribution in [0.5, 0.6) is 11.5 Å². The van der Waals surface area contributed by atoms with Crippen LogP contribution in [0, 0.1) is 0 Å². The largest absolute Gasteiger partial charge is 0.489 e. The minimum atomic E-state index is -0.630. The highest BCUT2D eigenvalue weighted by molar-refractivity contribution is 7.13. The molecule has 3 rings (SSSR count). The number of hydrogen-bond donors (Lipinski definition) is 1. The number of hydrogen-bond acceptors (Lipinski definition) is 5. The van der Waals surface area contributed by atoms with Gasteiger partial charge in [0.05, 0.1) is 0 Å². The maximum Gasteiger partial charge on any atom is 0.266 e. The van der Waals surface area contributed by atoms with E-state index in [1.54, 1.807) is 30.6 Å². The summed E-state index contributed by atoms with van der Waals surface area (Å²) in [5.74, 6) is 1.12. The molecule has 1 unspecified atom stereocenters. The minimum absolute atomic E-state index is 0.241. The molecule has 1 N–H and O–H groups in total. The van der Waals surface area contributed by atoms with Crippen LogP contribution in [-0.2, 0) is 11.4 Å². The van der Waals surface area contributed by atoms with E-state index in [2.05, 4.69) is 10.3 Å². The SMILES string of the molecule is CC(Oc1ccc(COc2ccc(Cl)cc2)cc1)C(=O)Nc1nccs1. The maximum absolute atomic E-state index is 12.1. The Balaban J connectivity index is 1.50. The number of nitrogens with zero attached hydrogens (tertiary/aromatic N) is 1. The van der Waals surface area contributed by atoms with E-state index in [0.29, 0.717) is 22.5 Å². The molecule has 3 aromatic rings. The molecule has 2 aromatic carbocycles.